The van der Waals surface area contributed by atoms with Gasteiger partial charge in [0.2, 0.25) is 0 Å². The normalized spacial score (nSPS) is 16.7. The van der Waals surface area contributed by atoms with Gasteiger partial charge in [0.15, 0.2) is 18.1 Å². The zero-order valence-electron chi connectivity index (χ0n) is 15.6. The summed E-state index contributed by atoms with van der Waals surface area (Å²) in [5.74, 6) is 0.0508. The van der Waals surface area contributed by atoms with Crippen molar-refractivity contribution in [1.82, 2.24) is 0 Å². The molecule has 0 atom stereocenters. The van der Waals surface area contributed by atoms with Crippen LogP contribution in [-0.4, -0.2) is 24.3 Å². The maximum absolute atomic E-state index is 12.1. The van der Waals surface area contributed by atoms with Crippen LogP contribution in [-0.2, 0) is 20.7 Å². The number of thiophene rings is 1. The molecule has 1 amide bonds. The molecule has 1 saturated carbocycles. The van der Waals surface area contributed by atoms with Crippen molar-refractivity contribution >= 4 is 28.9 Å². The van der Waals surface area contributed by atoms with E-state index in [0.29, 0.717) is 23.6 Å². The van der Waals surface area contributed by atoms with E-state index < -0.39 is 5.79 Å². The van der Waals surface area contributed by atoms with Crippen LogP contribution in [0.3, 0.4) is 0 Å². The smallest absolute Gasteiger partial charge is 0.306 e. The second-order valence-corrected chi connectivity index (χ2v) is 7.96. The molecule has 1 spiro atoms. The van der Waals surface area contributed by atoms with E-state index in [9.17, 15) is 9.59 Å². The Balaban J connectivity index is 1.25. The first-order valence-corrected chi connectivity index (χ1v) is 10.5. The van der Waals surface area contributed by atoms with Gasteiger partial charge in [-0.3, -0.25) is 9.59 Å². The monoisotopic (exact) mass is 401 g/mol. The second-order valence-electron chi connectivity index (χ2n) is 7.18. The van der Waals surface area contributed by atoms with E-state index in [4.69, 9.17) is 14.2 Å². The van der Waals surface area contributed by atoms with Crippen LogP contribution in [0.25, 0.3) is 0 Å². The molecule has 0 radical (unpaired) electrons. The zero-order valence-corrected chi connectivity index (χ0v) is 16.4. The molecule has 1 fully saturated rings. The molecule has 1 aromatic heterocycles. The SMILES string of the molecule is O=C(COC(=O)CCc1ccsc1)Nc1ccc2c(c1)OC1(CCCCC1)O2. The minimum Gasteiger partial charge on any atom is -0.456 e. The summed E-state index contributed by atoms with van der Waals surface area (Å²) in [5, 5.41) is 6.70. The minimum atomic E-state index is -0.540. The van der Waals surface area contributed by atoms with Crippen LogP contribution < -0.4 is 14.8 Å². The highest BCUT2D eigenvalue weighted by Crippen LogP contribution is 2.46. The largest absolute Gasteiger partial charge is 0.456 e. The third-order valence-corrected chi connectivity index (χ3v) is 5.73. The molecule has 2 aliphatic rings. The standard InChI is InChI=1S/C21H23NO5S/c23-19(13-25-20(24)7-4-15-8-11-28-14-15)22-16-5-6-17-18(12-16)27-21(26-17)9-2-1-3-10-21/h5-6,8,11-12,14H,1-4,7,9-10,13H2,(H,22,23). The molecule has 7 heteroatoms. The van der Waals surface area contributed by atoms with Crippen LogP contribution in [0.5, 0.6) is 11.5 Å². The Morgan fingerprint density at radius 2 is 1.93 bits per heavy atom. The van der Waals surface area contributed by atoms with Gasteiger partial charge in [0, 0.05) is 31.0 Å². The number of hydrogen-bond donors (Lipinski definition) is 1. The van der Waals surface area contributed by atoms with Crippen LogP contribution in [0, 0.1) is 0 Å². The zero-order chi connectivity index (χ0) is 19.4. The maximum Gasteiger partial charge on any atom is 0.306 e. The van der Waals surface area contributed by atoms with Crippen molar-refractivity contribution in [1.29, 1.82) is 0 Å². The number of ether oxygens (including phenoxy) is 3. The molecule has 6 nitrogen and oxygen atoms in total. The van der Waals surface area contributed by atoms with Gasteiger partial charge >= 0.3 is 5.97 Å². The minimum absolute atomic E-state index is 0.260. The van der Waals surface area contributed by atoms with E-state index in [1.807, 2.05) is 16.8 Å². The lowest BCUT2D eigenvalue weighted by molar-refractivity contribution is -0.147. The van der Waals surface area contributed by atoms with E-state index >= 15 is 0 Å². The number of rotatable bonds is 6. The molecular weight excluding hydrogens is 378 g/mol. The summed E-state index contributed by atoms with van der Waals surface area (Å²) in [6, 6.07) is 7.30. The first-order valence-electron chi connectivity index (χ1n) is 9.61. The maximum atomic E-state index is 12.1. The number of anilines is 1. The Morgan fingerprint density at radius 3 is 2.71 bits per heavy atom. The summed E-state index contributed by atoms with van der Waals surface area (Å²) < 4.78 is 17.1. The molecule has 2 aromatic rings. The van der Waals surface area contributed by atoms with E-state index in [2.05, 4.69) is 5.32 Å². The number of fused-ring (bicyclic) bond motifs is 1. The number of nitrogens with one attached hydrogen (secondary N) is 1. The van der Waals surface area contributed by atoms with Crippen molar-refractivity contribution < 1.29 is 23.8 Å². The predicted molar refractivity (Wildman–Crippen MR) is 106 cm³/mol. The molecule has 0 saturated heterocycles. The summed E-state index contributed by atoms with van der Waals surface area (Å²) in [7, 11) is 0. The number of esters is 1. The Labute approximate surface area is 167 Å². The molecule has 0 bridgehead atoms. The van der Waals surface area contributed by atoms with Gasteiger partial charge < -0.3 is 19.5 Å². The average molecular weight is 401 g/mol. The third-order valence-electron chi connectivity index (χ3n) is 5.00. The summed E-state index contributed by atoms with van der Waals surface area (Å²) in [6.45, 7) is -0.305. The van der Waals surface area contributed by atoms with Crippen LogP contribution in [0.15, 0.2) is 35.0 Å². The van der Waals surface area contributed by atoms with E-state index in [-0.39, 0.29) is 24.9 Å². The van der Waals surface area contributed by atoms with Gasteiger partial charge in [-0.2, -0.15) is 11.3 Å². The van der Waals surface area contributed by atoms with Crippen LogP contribution in [0.1, 0.15) is 44.1 Å². The number of hydrogen-bond acceptors (Lipinski definition) is 6. The van der Waals surface area contributed by atoms with E-state index in [1.54, 1.807) is 29.5 Å². The van der Waals surface area contributed by atoms with Crippen molar-refractivity contribution in [3.63, 3.8) is 0 Å². The van der Waals surface area contributed by atoms with Crippen LogP contribution in [0.2, 0.25) is 0 Å². The predicted octanol–water partition coefficient (Wildman–Crippen LogP) is 4.29. The van der Waals surface area contributed by atoms with Gasteiger partial charge in [-0.05, 0) is 53.8 Å². The Hall–Kier alpha value is -2.54. The number of benzene rings is 1. The highest BCUT2D eigenvalue weighted by atomic mass is 32.1. The Morgan fingerprint density at radius 1 is 1.11 bits per heavy atom. The fourth-order valence-corrected chi connectivity index (χ4v) is 4.27. The molecule has 1 aliphatic heterocycles. The molecule has 1 N–H and O–H groups in total. The average Bonchev–Trinajstić information content (AvgIpc) is 3.32. The number of carbonyl (C=O) groups excluding carboxylic acids is 2. The van der Waals surface area contributed by atoms with Gasteiger partial charge in [0.05, 0.1) is 0 Å². The molecule has 2 heterocycles. The van der Waals surface area contributed by atoms with Crippen LogP contribution >= 0.6 is 11.3 Å². The summed E-state index contributed by atoms with van der Waals surface area (Å²) in [6.07, 6.45) is 6.03. The number of carbonyl (C=O) groups is 2. The molecule has 28 heavy (non-hydrogen) atoms. The topological polar surface area (TPSA) is 73.9 Å². The lowest BCUT2D eigenvalue weighted by Crippen LogP contribution is -2.40. The molecule has 0 unspecified atom stereocenters. The molecular formula is C21H23NO5S. The van der Waals surface area contributed by atoms with Gasteiger partial charge in [-0.1, -0.05) is 6.42 Å². The lowest BCUT2D eigenvalue weighted by atomic mass is 9.94. The van der Waals surface area contributed by atoms with Crippen LogP contribution in [0.4, 0.5) is 5.69 Å². The Bertz CT molecular complexity index is 842. The van der Waals surface area contributed by atoms with Gasteiger partial charge in [-0.15, -0.1) is 0 Å². The Kier molecular flexibility index (Phi) is 5.52. The summed E-state index contributed by atoms with van der Waals surface area (Å²) in [5.41, 5.74) is 1.69. The number of amides is 1. The van der Waals surface area contributed by atoms with Crippen molar-refractivity contribution in [3.05, 3.63) is 40.6 Å². The van der Waals surface area contributed by atoms with E-state index in [1.165, 1.54) is 6.42 Å². The van der Waals surface area contributed by atoms with Crippen molar-refractivity contribution in [2.24, 2.45) is 0 Å². The van der Waals surface area contributed by atoms with Gasteiger partial charge in [0.25, 0.3) is 11.7 Å². The van der Waals surface area contributed by atoms with Crippen molar-refractivity contribution in [3.8, 4) is 11.5 Å². The first-order chi connectivity index (χ1) is 13.6. The first kappa shape index (κ1) is 18.8. The van der Waals surface area contributed by atoms with Crippen molar-refractivity contribution in [2.45, 2.75) is 50.7 Å². The van der Waals surface area contributed by atoms with Crippen molar-refractivity contribution in [2.75, 3.05) is 11.9 Å². The van der Waals surface area contributed by atoms with E-state index in [0.717, 1.165) is 31.2 Å². The van der Waals surface area contributed by atoms with Gasteiger partial charge in [0.1, 0.15) is 0 Å². The molecule has 148 valence electrons. The highest BCUT2D eigenvalue weighted by molar-refractivity contribution is 7.07. The summed E-state index contributed by atoms with van der Waals surface area (Å²) in [4.78, 5) is 23.9. The third kappa shape index (κ3) is 4.47. The number of aryl methyl sites for hydroxylation is 1. The summed E-state index contributed by atoms with van der Waals surface area (Å²) >= 11 is 1.59. The molecule has 1 aromatic carbocycles. The molecule has 4 rings (SSSR count). The quantitative estimate of drug-likeness (QED) is 0.731. The molecule has 1 aliphatic carbocycles. The lowest BCUT2D eigenvalue weighted by Gasteiger charge is -2.31. The fourth-order valence-electron chi connectivity index (χ4n) is 3.56. The van der Waals surface area contributed by atoms with Gasteiger partial charge in [-0.25, -0.2) is 0 Å². The fraction of sp³-hybridized carbons (Fsp3) is 0.429. The highest BCUT2D eigenvalue weighted by Gasteiger charge is 2.42. The second kappa shape index (κ2) is 8.22.